The van der Waals surface area contributed by atoms with E-state index in [4.69, 9.17) is 15.2 Å². The maximum atomic E-state index is 5.22. The Morgan fingerprint density at radius 1 is 1.20 bits per heavy atom. The third-order valence-electron chi connectivity index (χ3n) is 3.15. The van der Waals surface area contributed by atoms with Crippen molar-refractivity contribution in [3.63, 3.8) is 0 Å². The highest BCUT2D eigenvalue weighted by Crippen LogP contribution is 1.97. The molecule has 0 unspecified atom stereocenters. The molecule has 0 spiro atoms. The molecule has 0 aliphatic carbocycles. The van der Waals surface area contributed by atoms with Gasteiger partial charge in [-0.15, -0.1) is 0 Å². The molecule has 2 aliphatic rings. The van der Waals surface area contributed by atoms with Crippen molar-refractivity contribution in [1.29, 1.82) is 0 Å². The Labute approximate surface area is 154 Å². The van der Waals surface area contributed by atoms with Gasteiger partial charge in [0.05, 0.1) is 13.2 Å². The van der Waals surface area contributed by atoms with Gasteiger partial charge < -0.3 is 20.5 Å². The molecule has 0 fully saturated rings. The zero-order valence-corrected chi connectivity index (χ0v) is 15.8. The van der Waals surface area contributed by atoms with Gasteiger partial charge >= 0.3 is 0 Å². The number of allylic oxidation sites excluding steroid dienone is 5. The van der Waals surface area contributed by atoms with E-state index in [0.29, 0.717) is 25.6 Å². The highest BCUT2D eigenvalue weighted by molar-refractivity contribution is 5.14. The van der Waals surface area contributed by atoms with Crippen LogP contribution in [0.1, 0.15) is 32.6 Å². The van der Waals surface area contributed by atoms with Crippen LogP contribution >= 0.6 is 0 Å². The molecular weight excluding hydrogens is 312 g/mol. The van der Waals surface area contributed by atoms with Gasteiger partial charge in [-0.3, -0.25) is 0 Å². The quantitative estimate of drug-likeness (QED) is 0.760. The summed E-state index contributed by atoms with van der Waals surface area (Å²) in [5, 5.41) is 3.26. The van der Waals surface area contributed by atoms with Gasteiger partial charge in [0.15, 0.2) is 0 Å². The van der Waals surface area contributed by atoms with E-state index in [2.05, 4.69) is 43.1 Å². The average Bonchev–Trinajstić information content (AvgIpc) is 2.95. The summed E-state index contributed by atoms with van der Waals surface area (Å²) in [4.78, 5) is 0. The molecule has 0 bridgehead atoms. The van der Waals surface area contributed by atoms with E-state index >= 15 is 0 Å². The topological polar surface area (TPSA) is 56.5 Å². The van der Waals surface area contributed by atoms with Crippen molar-refractivity contribution in [3.8, 4) is 0 Å². The molecule has 25 heavy (non-hydrogen) atoms. The number of hydrogen-bond donors (Lipinski definition) is 2. The molecule has 0 aromatic rings. The molecule has 0 radical (unpaired) electrons. The smallest absolute Gasteiger partial charge is 0.112 e. The van der Waals surface area contributed by atoms with Crippen LogP contribution < -0.4 is 11.1 Å². The molecule has 0 atom stereocenters. The standard InChI is InChI=1S/C9H12O2.C6H11N.C6H13N/c1-9-5-3-2-4-6-10-7-8-11-9;1-2-4-6-7-5-3-1;1-2-3-4-5-6-7/h2-5H,1,6-8H2;1,3,7H,2,4-6H2;3-4H,2,5-7H2,1H3/b4-2-,5-3-;;4-3-. The van der Waals surface area contributed by atoms with Crippen molar-refractivity contribution in [1.82, 2.24) is 5.32 Å². The van der Waals surface area contributed by atoms with Crippen molar-refractivity contribution < 1.29 is 9.47 Å². The number of nitrogens with two attached hydrogens (primary N) is 1. The number of ether oxygens (including phenoxy) is 2. The molecule has 3 N–H and O–H groups in total. The average molecular weight is 349 g/mol. The van der Waals surface area contributed by atoms with Crippen molar-refractivity contribution in [2.45, 2.75) is 32.6 Å². The van der Waals surface area contributed by atoms with Crippen LogP contribution in [0.2, 0.25) is 0 Å². The van der Waals surface area contributed by atoms with E-state index in [-0.39, 0.29) is 0 Å². The van der Waals surface area contributed by atoms with Crippen molar-refractivity contribution in [3.05, 3.63) is 60.9 Å². The molecular formula is C21H36N2O2. The first kappa shape index (κ1) is 23.4. The first-order valence-corrected chi connectivity index (χ1v) is 9.24. The van der Waals surface area contributed by atoms with Crippen LogP contribution in [-0.4, -0.2) is 39.5 Å². The fourth-order valence-electron chi connectivity index (χ4n) is 1.84. The second-order valence-corrected chi connectivity index (χ2v) is 5.45. The van der Waals surface area contributed by atoms with Crippen LogP contribution in [0.3, 0.4) is 0 Å². The lowest BCUT2D eigenvalue weighted by molar-refractivity contribution is 0.0951. The highest BCUT2D eigenvalue weighted by Gasteiger charge is 1.90. The molecule has 4 heteroatoms. The molecule has 0 aromatic heterocycles. The second kappa shape index (κ2) is 20.4. The third kappa shape index (κ3) is 20.3. The predicted molar refractivity (Wildman–Crippen MR) is 109 cm³/mol. The molecule has 2 heterocycles. The van der Waals surface area contributed by atoms with Gasteiger partial charge in [0.25, 0.3) is 0 Å². The van der Waals surface area contributed by atoms with Gasteiger partial charge in [0.2, 0.25) is 0 Å². The molecule has 142 valence electrons. The SMILES string of the molecule is C1=CCNCCC1.C=C1/C=C\C=C/COCCO1.CC/C=C\CCN. The van der Waals surface area contributed by atoms with Gasteiger partial charge in [-0.05, 0) is 44.8 Å². The minimum Gasteiger partial charge on any atom is -0.492 e. The third-order valence-corrected chi connectivity index (χ3v) is 3.15. The van der Waals surface area contributed by atoms with Crippen molar-refractivity contribution >= 4 is 0 Å². The van der Waals surface area contributed by atoms with E-state index < -0.39 is 0 Å². The Kier molecular flexibility index (Phi) is 19.1. The molecule has 4 nitrogen and oxygen atoms in total. The number of rotatable bonds is 3. The lowest BCUT2D eigenvalue weighted by atomic mass is 10.3. The first-order chi connectivity index (χ1) is 12.3. The summed E-state index contributed by atoms with van der Waals surface area (Å²) in [5.74, 6) is 0.681. The van der Waals surface area contributed by atoms with E-state index in [1.807, 2.05) is 24.3 Å². The summed E-state index contributed by atoms with van der Waals surface area (Å²) >= 11 is 0. The Balaban J connectivity index is 0.000000362. The Hall–Kier alpha value is -1.62. The summed E-state index contributed by atoms with van der Waals surface area (Å²) in [7, 11) is 0. The fourth-order valence-corrected chi connectivity index (χ4v) is 1.84. The van der Waals surface area contributed by atoms with E-state index in [1.165, 1.54) is 19.4 Å². The Bertz CT molecular complexity index is 404. The largest absolute Gasteiger partial charge is 0.492 e. The lowest BCUT2D eigenvalue weighted by Crippen LogP contribution is -2.12. The highest BCUT2D eigenvalue weighted by atomic mass is 16.5. The lowest BCUT2D eigenvalue weighted by Gasteiger charge is -2.06. The summed E-state index contributed by atoms with van der Waals surface area (Å²) in [6.07, 6.45) is 21.0. The summed E-state index contributed by atoms with van der Waals surface area (Å²) in [6.45, 7) is 10.7. The van der Waals surface area contributed by atoms with Crippen LogP contribution in [0.5, 0.6) is 0 Å². The Morgan fingerprint density at radius 3 is 2.88 bits per heavy atom. The second-order valence-electron chi connectivity index (χ2n) is 5.45. The van der Waals surface area contributed by atoms with Crippen LogP contribution in [0.4, 0.5) is 0 Å². The zero-order valence-electron chi connectivity index (χ0n) is 15.8. The maximum Gasteiger partial charge on any atom is 0.112 e. The minimum atomic E-state index is 0.580. The number of nitrogens with one attached hydrogen (secondary N) is 1. The van der Waals surface area contributed by atoms with E-state index in [0.717, 1.165) is 25.9 Å². The monoisotopic (exact) mass is 348 g/mol. The molecule has 2 rings (SSSR count). The zero-order chi connectivity index (χ0) is 18.4. The molecule has 0 amide bonds. The van der Waals surface area contributed by atoms with Crippen molar-refractivity contribution in [2.24, 2.45) is 5.73 Å². The minimum absolute atomic E-state index is 0.580. The Morgan fingerprint density at radius 2 is 2.08 bits per heavy atom. The molecule has 0 aromatic carbocycles. The van der Waals surface area contributed by atoms with Crippen LogP contribution in [0, 0.1) is 0 Å². The van der Waals surface area contributed by atoms with Gasteiger partial charge in [0.1, 0.15) is 12.4 Å². The van der Waals surface area contributed by atoms with Crippen LogP contribution in [0.15, 0.2) is 60.9 Å². The first-order valence-electron chi connectivity index (χ1n) is 9.24. The van der Waals surface area contributed by atoms with Gasteiger partial charge in [-0.1, -0.05) is 56.0 Å². The van der Waals surface area contributed by atoms with Gasteiger partial charge in [-0.25, -0.2) is 0 Å². The maximum absolute atomic E-state index is 5.22. The summed E-state index contributed by atoms with van der Waals surface area (Å²) in [6, 6.07) is 0. The van der Waals surface area contributed by atoms with Crippen LogP contribution in [-0.2, 0) is 9.47 Å². The predicted octanol–water partition coefficient (Wildman–Crippen LogP) is 3.89. The summed E-state index contributed by atoms with van der Waals surface area (Å²) in [5.41, 5.74) is 5.22. The molecule has 0 saturated carbocycles. The normalized spacial score (nSPS) is 20.2. The molecule has 0 saturated heterocycles. The van der Waals surface area contributed by atoms with Crippen LogP contribution in [0.25, 0.3) is 0 Å². The number of hydrogen-bond acceptors (Lipinski definition) is 4. The van der Waals surface area contributed by atoms with Gasteiger partial charge in [0, 0.05) is 6.54 Å². The summed E-state index contributed by atoms with van der Waals surface area (Å²) < 4.78 is 10.3. The molecule has 2 aliphatic heterocycles. The fraction of sp³-hybridized carbons (Fsp3) is 0.524. The van der Waals surface area contributed by atoms with Gasteiger partial charge in [-0.2, -0.15) is 0 Å². The van der Waals surface area contributed by atoms with E-state index in [1.54, 1.807) is 0 Å². The van der Waals surface area contributed by atoms with Crippen molar-refractivity contribution in [2.75, 3.05) is 39.5 Å². The van der Waals surface area contributed by atoms with E-state index in [9.17, 15) is 0 Å².